The summed E-state index contributed by atoms with van der Waals surface area (Å²) < 4.78 is 51.4. The van der Waals surface area contributed by atoms with Crippen molar-refractivity contribution in [3.8, 4) is 39.9 Å². The minimum atomic E-state index is -4.70. The maximum Gasteiger partial charge on any atom is 0.435 e. The molecule has 1 amide bonds. The van der Waals surface area contributed by atoms with Gasteiger partial charge in [0.15, 0.2) is 5.69 Å². The van der Waals surface area contributed by atoms with Crippen LogP contribution in [0.3, 0.4) is 0 Å². The average molecular weight is 696 g/mol. The van der Waals surface area contributed by atoms with Gasteiger partial charge in [-0.2, -0.15) is 18.3 Å². The third kappa shape index (κ3) is 6.19. The first kappa shape index (κ1) is 28.6. The summed E-state index contributed by atoms with van der Waals surface area (Å²) in [6, 6.07) is 24.3. The first-order valence-corrected chi connectivity index (χ1v) is 16.0. The molecule has 12 heteroatoms. The summed E-state index contributed by atoms with van der Waals surface area (Å²) >= 11 is 0.0487. The number of alkyl halides is 4. The third-order valence-corrected chi connectivity index (χ3v) is 9.85. The molecule has 5 aromatic rings. The minimum absolute atomic E-state index is 0.0205. The number of hydrogen-bond acceptors (Lipinski definition) is 6. The Morgan fingerprint density at radius 3 is 2.37 bits per heavy atom. The van der Waals surface area contributed by atoms with Crippen LogP contribution < -0.4 is 5.32 Å². The number of hydrogen-bond donors (Lipinski definition) is 1. The standard InChI is InChI=1S/C31H24F3IN6O2/c1-36-27(23-16-35-17-23)28(42)37-18-19-6-5-9-24(14-19)41-25(15-26(40-41)31(32,33)34)30-39-38-29(43-30)22-12-10-21(11-13-22)20-7-3-2-4-8-20/h2-16,23,27H,1,17-18H2,(H,37,42)/t23?,27-/m0/s1. The largest absolute Gasteiger partial charge is 0.435 e. The SMILES string of the molecule is C=N[C@H](C(=O)NCc1cccc(-n2nc(C(F)(F)F)cc2-c2nnc(-c3ccc(-c4ccccc4)cc3)o2)c1)C1C=IC1. The predicted octanol–water partition coefficient (Wildman–Crippen LogP) is 6.36. The first-order valence-electron chi connectivity index (χ1n) is 13.2. The Kier molecular flexibility index (Phi) is 8.02. The molecular formula is C31H24F3IN6O2. The van der Waals surface area contributed by atoms with Gasteiger partial charge >= 0.3 is 6.18 Å². The number of nitrogens with zero attached hydrogens (tertiary/aromatic N) is 5. The summed E-state index contributed by atoms with van der Waals surface area (Å²) in [7, 11) is 0. The lowest BCUT2D eigenvalue weighted by Crippen LogP contribution is -2.40. The Morgan fingerprint density at radius 2 is 1.70 bits per heavy atom. The fourth-order valence-corrected chi connectivity index (χ4v) is 6.57. The molecule has 2 atom stereocenters. The van der Waals surface area contributed by atoms with E-state index in [2.05, 4.69) is 36.3 Å². The van der Waals surface area contributed by atoms with Gasteiger partial charge in [-0.15, -0.1) is 30.9 Å². The molecule has 2 aromatic heterocycles. The second kappa shape index (κ2) is 12.0. The van der Waals surface area contributed by atoms with Crippen molar-refractivity contribution in [2.75, 3.05) is 4.43 Å². The van der Waals surface area contributed by atoms with Crippen LogP contribution in [-0.4, -0.2) is 47.1 Å². The van der Waals surface area contributed by atoms with Gasteiger partial charge in [0.05, 0.1) is 5.69 Å². The smallest absolute Gasteiger partial charge is 0.415 e. The summed E-state index contributed by atoms with van der Waals surface area (Å²) in [6.45, 7) is 3.71. The van der Waals surface area contributed by atoms with Crippen LogP contribution in [0.1, 0.15) is 11.3 Å². The average Bonchev–Trinajstić information content (AvgIpc) is 3.67. The molecule has 0 radical (unpaired) electrons. The van der Waals surface area contributed by atoms with Crippen molar-refractivity contribution >= 4 is 37.4 Å². The molecule has 3 aromatic carbocycles. The number of nitrogens with one attached hydrogen (secondary N) is 1. The summed E-state index contributed by atoms with van der Waals surface area (Å²) in [4.78, 5) is 16.7. The Balaban J connectivity index is 1.27. The second-order valence-electron chi connectivity index (χ2n) is 9.79. The van der Waals surface area contributed by atoms with E-state index >= 15 is 0 Å². The Labute approximate surface area is 254 Å². The number of rotatable bonds is 9. The molecule has 0 fully saturated rings. The molecule has 1 aliphatic rings. The molecule has 0 saturated carbocycles. The molecule has 0 saturated heterocycles. The highest BCUT2D eigenvalue weighted by Gasteiger charge is 2.36. The van der Waals surface area contributed by atoms with E-state index in [9.17, 15) is 18.0 Å². The van der Waals surface area contributed by atoms with Crippen LogP contribution in [0.15, 0.2) is 94.3 Å². The minimum Gasteiger partial charge on any atom is -0.415 e. The second-order valence-corrected chi connectivity index (χ2v) is 12.3. The molecule has 1 unspecified atom stereocenters. The fraction of sp³-hybridized carbons (Fsp3) is 0.161. The molecule has 218 valence electrons. The van der Waals surface area contributed by atoms with E-state index in [1.54, 1.807) is 24.3 Å². The van der Waals surface area contributed by atoms with Crippen molar-refractivity contribution in [3.05, 3.63) is 96.2 Å². The van der Waals surface area contributed by atoms with Crippen LogP contribution in [0.25, 0.3) is 39.9 Å². The highest BCUT2D eigenvalue weighted by atomic mass is 127. The molecule has 43 heavy (non-hydrogen) atoms. The highest BCUT2D eigenvalue weighted by Crippen LogP contribution is 2.34. The first-order chi connectivity index (χ1) is 20.8. The van der Waals surface area contributed by atoms with Gasteiger partial charge < -0.3 is 9.73 Å². The van der Waals surface area contributed by atoms with Gasteiger partial charge in [-0.25, -0.2) is 4.68 Å². The lowest BCUT2D eigenvalue weighted by Gasteiger charge is -2.23. The molecule has 3 heterocycles. The summed E-state index contributed by atoms with van der Waals surface area (Å²) in [5, 5.41) is 14.8. The number of aromatic nitrogens is 4. The van der Waals surface area contributed by atoms with Crippen LogP contribution >= 0.6 is 20.7 Å². The lowest BCUT2D eigenvalue weighted by molar-refractivity contribution is -0.141. The number of amides is 1. The molecular weight excluding hydrogens is 672 g/mol. The maximum atomic E-state index is 13.8. The number of carbonyl (C=O) groups excluding carboxylic acids is 1. The van der Waals surface area contributed by atoms with Crippen molar-refractivity contribution in [1.29, 1.82) is 0 Å². The quantitative estimate of drug-likeness (QED) is 0.110. The molecule has 0 spiro atoms. The summed E-state index contributed by atoms with van der Waals surface area (Å²) in [5.41, 5.74) is 2.53. The zero-order chi connectivity index (χ0) is 30.0. The van der Waals surface area contributed by atoms with Crippen molar-refractivity contribution in [2.24, 2.45) is 10.9 Å². The van der Waals surface area contributed by atoms with Gasteiger partial charge in [0, 0.05) is 28.5 Å². The Bertz CT molecular complexity index is 1800. The van der Waals surface area contributed by atoms with Gasteiger partial charge in [-0.05, 0) is 51.7 Å². The van der Waals surface area contributed by atoms with Crippen molar-refractivity contribution in [3.63, 3.8) is 0 Å². The van der Waals surface area contributed by atoms with E-state index in [4.69, 9.17) is 4.42 Å². The van der Waals surface area contributed by atoms with Crippen LogP contribution in [0, 0.1) is 5.92 Å². The van der Waals surface area contributed by atoms with Crippen LogP contribution in [0.5, 0.6) is 0 Å². The third-order valence-electron chi connectivity index (χ3n) is 6.89. The van der Waals surface area contributed by atoms with E-state index in [1.165, 1.54) is 0 Å². The van der Waals surface area contributed by atoms with Crippen LogP contribution in [0.4, 0.5) is 13.2 Å². The molecule has 6 rings (SSSR count). The van der Waals surface area contributed by atoms with Crippen LogP contribution in [0.2, 0.25) is 0 Å². The van der Waals surface area contributed by atoms with Gasteiger partial charge in [0.2, 0.25) is 11.8 Å². The zero-order valence-electron chi connectivity index (χ0n) is 22.5. The van der Waals surface area contributed by atoms with Gasteiger partial charge in [0.25, 0.3) is 5.89 Å². The van der Waals surface area contributed by atoms with Gasteiger partial charge in [-0.1, -0.05) is 54.6 Å². The number of aliphatic imine (C=N–C) groups is 1. The Hall–Kier alpha value is -4.46. The van der Waals surface area contributed by atoms with Crippen molar-refractivity contribution in [1.82, 2.24) is 25.3 Å². The maximum absolute atomic E-state index is 13.8. The van der Waals surface area contributed by atoms with Crippen LogP contribution in [-0.2, 0) is 17.5 Å². The van der Waals surface area contributed by atoms with E-state index in [-0.39, 0.29) is 56.6 Å². The van der Waals surface area contributed by atoms with Crippen molar-refractivity contribution in [2.45, 2.75) is 18.8 Å². The van der Waals surface area contributed by atoms with E-state index in [0.29, 0.717) is 16.8 Å². The van der Waals surface area contributed by atoms with E-state index in [1.807, 2.05) is 54.6 Å². The monoisotopic (exact) mass is 696 g/mol. The normalized spacial score (nSPS) is 15.3. The Morgan fingerprint density at radius 1 is 1.00 bits per heavy atom. The zero-order valence-corrected chi connectivity index (χ0v) is 24.7. The van der Waals surface area contributed by atoms with Gasteiger partial charge in [0.1, 0.15) is 11.7 Å². The summed E-state index contributed by atoms with van der Waals surface area (Å²) in [6.07, 6.45) is -4.70. The molecule has 1 N–H and O–H groups in total. The number of halogens is 4. The lowest BCUT2D eigenvalue weighted by atomic mass is 10.0. The van der Waals surface area contributed by atoms with Gasteiger partial charge in [-0.3, -0.25) is 9.79 Å². The summed E-state index contributed by atoms with van der Waals surface area (Å²) in [5.74, 6) is -0.0864. The topological polar surface area (TPSA) is 98.2 Å². The van der Waals surface area contributed by atoms with E-state index < -0.39 is 17.9 Å². The molecule has 0 bridgehead atoms. The molecule has 0 aliphatic carbocycles. The molecule has 1 aliphatic heterocycles. The van der Waals surface area contributed by atoms with E-state index in [0.717, 1.165) is 26.3 Å². The molecule has 8 nitrogen and oxygen atoms in total. The predicted molar refractivity (Wildman–Crippen MR) is 166 cm³/mol. The van der Waals surface area contributed by atoms with Crippen molar-refractivity contribution < 1.29 is 22.4 Å². The number of benzene rings is 3. The highest BCUT2D eigenvalue weighted by molar-refractivity contribution is 14.2. The number of carbonyl (C=O) groups is 1. The fourth-order valence-electron chi connectivity index (χ4n) is 4.60.